The largest absolute Gasteiger partial charge is 0.490 e. The number of ether oxygens (including phenoxy) is 3. The Balaban J connectivity index is 1.74. The van der Waals surface area contributed by atoms with E-state index >= 15 is 0 Å². The van der Waals surface area contributed by atoms with Crippen molar-refractivity contribution in [2.45, 2.75) is 27.2 Å². The van der Waals surface area contributed by atoms with Crippen molar-refractivity contribution >= 4 is 74.1 Å². The van der Waals surface area contributed by atoms with Gasteiger partial charge in [0, 0.05) is 5.69 Å². The number of imide groups is 1. The van der Waals surface area contributed by atoms with Crippen LogP contribution in [0.25, 0.3) is 6.08 Å². The highest BCUT2D eigenvalue weighted by Crippen LogP contribution is 2.39. The van der Waals surface area contributed by atoms with E-state index in [2.05, 4.69) is 21.2 Å². The maximum Gasteiger partial charge on any atom is 0.339 e. The minimum absolute atomic E-state index is 0.0871. The number of benzene rings is 2. The molecule has 38 heavy (non-hydrogen) atoms. The molecule has 0 radical (unpaired) electrons. The van der Waals surface area contributed by atoms with Crippen molar-refractivity contribution in [3.8, 4) is 11.5 Å². The standard InChI is InChI=1S/C26H26BrClN2O7S/c1-4-9-37-23-18(27)10-15(11-20(23)35-5-2)12-21-24(32)30(26(34)38-21)14-22(31)29-16-7-8-19(28)17(13-16)25(33)36-6-3/h7-8,10-13H,4-6,9,14H2,1-3H3,(H,29,31)/b21-12-. The molecule has 0 saturated carbocycles. The molecule has 1 N–H and O–H groups in total. The molecular weight excluding hydrogens is 600 g/mol. The van der Waals surface area contributed by atoms with Crippen LogP contribution in [0.15, 0.2) is 39.7 Å². The van der Waals surface area contributed by atoms with Gasteiger partial charge in [0.15, 0.2) is 11.5 Å². The van der Waals surface area contributed by atoms with Gasteiger partial charge in [-0.2, -0.15) is 0 Å². The molecular formula is C26H26BrClN2O7S. The molecule has 202 valence electrons. The first-order chi connectivity index (χ1) is 18.2. The summed E-state index contributed by atoms with van der Waals surface area (Å²) in [6, 6.07) is 7.79. The minimum Gasteiger partial charge on any atom is -0.490 e. The number of nitrogens with zero attached hydrogens (tertiary/aromatic N) is 1. The van der Waals surface area contributed by atoms with E-state index in [0.717, 1.165) is 23.1 Å². The van der Waals surface area contributed by atoms with Crippen LogP contribution in [0.1, 0.15) is 43.1 Å². The third-order valence-electron chi connectivity index (χ3n) is 5.00. The van der Waals surface area contributed by atoms with Crippen molar-refractivity contribution in [2.24, 2.45) is 0 Å². The summed E-state index contributed by atoms with van der Waals surface area (Å²) in [6.07, 6.45) is 2.38. The Labute approximate surface area is 237 Å². The van der Waals surface area contributed by atoms with Gasteiger partial charge in [0.05, 0.1) is 39.8 Å². The van der Waals surface area contributed by atoms with Gasteiger partial charge in [-0.25, -0.2) is 4.79 Å². The van der Waals surface area contributed by atoms with E-state index in [1.165, 1.54) is 18.2 Å². The number of anilines is 1. The number of carbonyl (C=O) groups is 4. The Bertz CT molecular complexity index is 1280. The normalized spacial score (nSPS) is 14.1. The molecule has 0 aliphatic carbocycles. The molecule has 1 aliphatic rings. The number of halogens is 2. The van der Waals surface area contributed by atoms with Crippen molar-refractivity contribution in [2.75, 3.05) is 31.7 Å². The van der Waals surface area contributed by atoms with Crippen LogP contribution in [-0.2, 0) is 14.3 Å². The average Bonchev–Trinajstić information content (AvgIpc) is 3.12. The molecule has 3 rings (SSSR count). The maximum absolute atomic E-state index is 13.0. The van der Waals surface area contributed by atoms with Gasteiger partial charge in [-0.1, -0.05) is 18.5 Å². The van der Waals surface area contributed by atoms with Crippen molar-refractivity contribution in [3.63, 3.8) is 0 Å². The van der Waals surface area contributed by atoms with E-state index in [4.69, 9.17) is 25.8 Å². The predicted molar refractivity (Wildman–Crippen MR) is 150 cm³/mol. The van der Waals surface area contributed by atoms with Crippen LogP contribution < -0.4 is 14.8 Å². The lowest BCUT2D eigenvalue weighted by molar-refractivity contribution is -0.127. The molecule has 12 heteroatoms. The van der Waals surface area contributed by atoms with Crippen molar-refractivity contribution in [1.29, 1.82) is 0 Å². The van der Waals surface area contributed by atoms with E-state index in [1.54, 1.807) is 25.1 Å². The molecule has 1 aliphatic heterocycles. The number of rotatable bonds is 11. The molecule has 0 spiro atoms. The predicted octanol–water partition coefficient (Wildman–Crippen LogP) is 6.14. The topological polar surface area (TPSA) is 111 Å². The summed E-state index contributed by atoms with van der Waals surface area (Å²) in [6.45, 7) is 6.10. The summed E-state index contributed by atoms with van der Waals surface area (Å²) >= 11 is 10.3. The van der Waals surface area contributed by atoms with Crippen molar-refractivity contribution in [3.05, 3.63) is 55.9 Å². The molecule has 0 unspecified atom stereocenters. The second-order valence-corrected chi connectivity index (χ2v) is 10.1. The van der Waals surface area contributed by atoms with Gasteiger partial charge < -0.3 is 19.5 Å². The quantitative estimate of drug-likeness (QED) is 0.234. The van der Waals surface area contributed by atoms with Gasteiger partial charge in [-0.05, 0) is 89.9 Å². The van der Waals surface area contributed by atoms with Gasteiger partial charge in [0.2, 0.25) is 5.91 Å². The van der Waals surface area contributed by atoms with Gasteiger partial charge in [-0.3, -0.25) is 19.3 Å². The van der Waals surface area contributed by atoms with Gasteiger partial charge in [0.25, 0.3) is 11.1 Å². The fourth-order valence-corrected chi connectivity index (χ4v) is 4.99. The zero-order valence-corrected chi connectivity index (χ0v) is 24.1. The Morgan fingerprint density at radius 1 is 1.11 bits per heavy atom. The van der Waals surface area contributed by atoms with E-state index in [9.17, 15) is 19.2 Å². The van der Waals surface area contributed by atoms with E-state index in [-0.39, 0.29) is 27.8 Å². The van der Waals surface area contributed by atoms with Gasteiger partial charge >= 0.3 is 5.97 Å². The Kier molecular flexibility index (Phi) is 10.6. The Hall–Kier alpha value is -3.02. The van der Waals surface area contributed by atoms with Crippen LogP contribution in [0.3, 0.4) is 0 Å². The molecule has 2 aromatic rings. The number of hydrogen-bond acceptors (Lipinski definition) is 8. The SMILES string of the molecule is CCCOc1c(Br)cc(/C=C2\SC(=O)N(CC(=O)Nc3ccc(Cl)c(C(=O)OCC)c3)C2=O)cc1OCC. The zero-order valence-electron chi connectivity index (χ0n) is 21.0. The van der Waals surface area contributed by atoms with Crippen LogP contribution in [-0.4, -0.2) is 54.3 Å². The lowest BCUT2D eigenvalue weighted by Crippen LogP contribution is -2.36. The fraction of sp³-hybridized carbons (Fsp3) is 0.308. The first-order valence-electron chi connectivity index (χ1n) is 11.8. The van der Waals surface area contributed by atoms with Crippen LogP contribution in [0, 0.1) is 0 Å². The Morgan fingerprint density at radius 2 is 1.87 bits per heavy atom. The summed E-state index contributed by atoms with van der Waals surface area (Å²) in [5.41, 5.74) is 0.972. The van der Waals surface area contributed by atoms with Crippen LogP contribution in [0.2, 0.25) is 5.02 Å². The fourth-order valence-electron chi connectivity index (χ4n) is 3.38. The highest BCUT2D eigenvalue weighted by Gasteiger charge is 2.36. The molecule has 0 bridgehead atoms. The highest BCUT2D eigenvalue weighted by atomic mass is 79.9. The Morgan fingerprint density at radius 3 is 2.55 bits per heavy atom. The molecule has 1 saturated heterocycles. The number of nitrogens with one attached hydrogen (secondary N) is 1. The van der Waals surface area contributed by atoms with Crippen LogP contribution in [0.5, 0.6) is 11.5 Å². The summed E-state index contributed by atoms with van der Waals surface area (Å²) < 4.78 is 17.1. The van der Waals surface area contributed by atoms with Crippen LogP contribution >= 0.6 is 39.3 Å². The summed E-state index contributed by atoms with van der Waals surface area (Å²) in [5.74, 6) is -0.786. The lowest BCUT2D eigenvalue weighted by Gasteiger charge is -2.14. The molecule has 9 nitrogen and oxygen atoms in total. The highest BCUT2D eigenvalue weighted by molar-refractivity contribution is 9.10. The van der Waals surface area contributed by atoms with Gasteiger partial charge in [-0.15, -0.1) is 0 Å². The van der Waals surface area contributed by atoms with E-state index in [0.29, 0.717) is 34.7 Å². The third kappa shape index (κ3) is 7.30. The minimum atomic E-state index is -0.631. The summed E-state index contributed by atoms with van der Waals surface area (Å²) in [7, 11) is 0. The number of thioether (sulfide) groups is 1. The third-order valence-corrected chi connectivity index (χ3v) is 6.83. The smallest absolute Gasteiger partial charge is 0.339 e. The number of hydrogen-bond donors (Lipinski definition) is 1. The zero-order chi connectivity index (χ0) is 27.8. The second-order valence-electron chi connectivity index (χ2n) is 7.84. The molecule has 2 aromatic carbocycles. The number of amides is 3. The maximum atomic E-state index is 13.0. The summed E-state index contributed by atoms with van der Waals surface area (Å²) in [5, 5.41) is 2.17. The average molecular weight is 626 g/mol. The summed E-state index contributed by atoms with van der Waals surface area (Å²) in [4.78, 5) is 51.2. The van der Waals surface area contributed by atoms with Crippen LogP contribution in [0.4, 0.5) is 10.5 Å². The van der Waals surface area contributed by atoms with Crippen molar-refractivity contribution in [1.82, 2.24) is 4.90 Å². The number of esters is 1. The van der Waals surface area contributed by atoms with E-state index in [1.807, 2.05) is 13.8 Å². The molecule has 1 fully saturated rings. The molecule has 1 heterocycles. The lowest BCUT2D eigenvalue weighted by atomic mass is 10.1. The first-order valence-corrected chi connectivity index (χ1v) is 13.8. The first kappa shape index (κ1) is 29.5. The second kappa shape index (κ2) is 13.7. The molecule has 3 amide bonds. The van der Waals surface area contributed by atoms with Crippen molar-refractivity contribution < 1.29 is 33.4 Å². The van der Waals surface area contributed by atoms with Gasteiger partial charge in [0.1, 0.15) is 6.54 Å². The number of carbonyl (C=O) groups excluding carboxylic acids is 4. The van der Waals surface area contributed by atoms with E-state index < -0.39 is 29.6 Å². The monoisotopic (exact) mass is 624 g/mol. The molecule has 0 atom stereocenters. The molecule has 0 aromatic heterocycles.